The molecule has 1 aliphatic rings. The molecular formula is C32H37ClN2O4. The fourth-order valence-corrected chi connectivity index (χ4v) is 5.19. The van der Waals surface area contributed by atoms with Crippen molar-refractivity contribution in [1.82, 2.24) is 4.90 Å². The molecule has 4 rings (SSSR count). The quantitative estimate of drug-likeness (QED) is 0.224. The molecule has 0 radical (unpaired) electrons. The fraction of sp³-hybridized carbons (Fsp3) is 0.375. The second-order valence-electron chi connectivity index (χ2n) is 11.2. The van der Waals surface area contributed by atoms with Crippen LogP contribution in [0, 0.1) is 11.8 Å². The molecule has 1 saturated heterocycles. The number of carbonyl (C=O) groups is 2. The van der Waals surface area contributed by atoms with E-state index in [1.165, 1.54) is 12.5 Å². The lowest BCUT2D eigenvalue weighted by atomic mass is 9.89. The standard InChI is InChI=1S/C32H37ClN2O4/c1-23(36)38-30-13-9-8-12-25(30)19-34(29-16-14-28(33)15-17-29)21-27-22-35(31(37)39-32(2,3)4)20-26(27)18-24-10-6-5-7-11-24/h5-17,26-27H,18-22H2,1-4H3/t26-,27+/m1/s1. The monoisotopic (exact) mass is 548 g/mol. The Morgan fingerprint density at radius 2 is 1.56 bits per heavy atom. The first kappa shape index (κ1) is 28.5. The van der Waals surface area contributed by atoms with Crippen LogP contribution in [-0.2, 0) is 22.5 Å². The van der Waals surface area contributed by atoms with Crippen molar-refractivity contribution in [3.05, 3.63) is 95.0 Å². The lowest BCUT2D eigenvalue weighted by Gasteiger charge is -2.31. The average Bonchev–Trinajstić information content (AvgIpc) is 3.27. The fourth-order valence-electron chi connectivity index (χ4n) is 5.06. The van der Waals surface area contributed by atoms with Gasteiger partial charge in [-0.3, -0.25) is 4.79 Å². The van der Waals surface area contributed by atoms with Crippen LogP contribution >= 0.6 is 11.6 Å². The van der Waals surface area contributed by atoms with E-state index in [1.54, 1.807) is 0 Å². The van der Waals surface area contributed by atoms with Gasteiger partial charge in [0.1, 0.15) is 11.4 Å². The van der Waals surface area contributed by atoms with Gasteiger partial charge in [0.2, 0.25) is 0 Å². The molecule has 1 fully saturated rings. The van der Waals surface area contributed by atoms with E-state index in [1.807, 2.05) is 80.3 Å². The van der Waals surface area contributed by atoms with Crippen molar-refractivity contribution in [2.45, 2.75) is 46.3 Å². The highest BCUT2D eigenvalue weighted by atomic mass is 35.5. The van der Waals surface area contributed by atoms with Gasteiger partial charge in [0.15, 0.2) is 0 Å². The van der Waals surface area contributed by atoms with E-state index in [0.717, 1.165) is 17.7 Å². The number of hydrogen-bond acceptors (Lipinski definition) is 5. The normalized spacial score (nSPS) is 17.1. The van der Waals surface area contributed by atoms with E-state index in [0.29, 0.717) is 37.0 Å². The number of halogens is 1. The van der Waals surface area contributed by atoms with Crippen molar-refractivity contribution in [1.29, 1.82) is 0 Å². The lowest BCUT2D eigenvalue weighted by Crippen LogP contribution is -2.36. The van der Waals surface area contributed by atoms with Gasteiger partial charge < -0.3 is 19.3 Å². The smallest absolute Gasteiger partial charge is 0.410 e. The maximum atomic E-state index is 13.1. The van der Waals surface area contributed by atoms with E-state index in [-0.39, 0.29) is 23.9 Å². The van der Waals surface area contributed by atoms with Crippen molar-refractivity contribution in [2.24, 2.45) is 11.8 Å². The molecule has 1 heterocycles. The summed E-state index contributed by atoms with van der Waals surface area (Å²) in [7, 11) is 0. The van der Waals surface area contributed by atoms with Crippen molar-refractivity contribution < 1.29 is 19.1 Å². The van der Waals surface area contributed by atoms with Crippen LogP contribution in [0.4, 0.5) is 10.5 Å². The largest absolute Gasteiger partial charge is 0.444 e. The number of carbonyl (C=O) groups excluding carboxylic acids is 2. The molecule has 3 aromatic carbocycles. The third-order valence-electron chi connectivity index (χ3n) is 6.80. The third kappa shape index (κ3) is 8.24. The van der Waals surface area contributed by atoms with Crippen LogP contribution in [0.25, 0.3) is 0 Å². The maximum Gasteiger partial charge on any atom is 0.410 e. The molecule has 0 unspecified atom stereocenters. The number of benzene rings is 3. The molecule has 1 aliphatic heterocycles. The summed E-state index contributed by atoms with van der Waals surface area (Å²) < 4.78 is 11.2. The van der Waals surface area contributed by atoms with E-state index < -0.39 is 5.60 Å². The summed E-state index contributed by atoms with van der Waals surface area (Å²) in [4.78, 5) is 28.9. The molecule has 0 bridgehead atoms. The Labute approximate surface area is 236 Å². The highest BCUT2D eigenvalue weighted by molar-refractivity contribution is 6.30. The Kier molecular flexibility index (Phi) is 9.18. The molecule has 0 N–H and O–H groups in total. The number of ether oxygens (including phenoxy) is 2. The molecular weight excluding hydrogens is 512 g/mol. The first-order chi connectivity index (χ1) is 18.6. The first-order valence-corrected chi connectivity index (χ1v) is 13.7. The topological polar surface area (TPSA) is 59.1 Å². The molecule has 0 saturated carbocycles. The molecule has 2 atom stereocenters. The maximum absolute atomic E-state index is 13.1. The Bertz CT molecular complexity index is 1260. The van der Waals surface area contributed by atoms with Crippen LogP contribution in [0.2, 0.25) is 5.02 Å². The van der Waals surface area contributed by atoms with Gasteiger partial charge in [-0.2, -0.15) is 0 Å². The third-order valence-corrected chi connectivity index (χ3v) is 7.06. The molecule has 39 heavy (non-hydrogen) atoms. The summed E-state index contributed by atoms with van der Waals surface area (Å²) >= 11 is 6.22. The van der Waals surface area contributed by atoms with Gasteiger partial charge in [0.05, 0.1) is 0 Å². The van der Waals surface area contributed by atoms with Crippen LogP contribution < -0.4 is 9.64 Å². The molecule has 3 aromatic rings. The number of anilines is 1. The van der Waals surface area contributed by atoms with Crippen molar-refractivity contribution in [3.8, 4) is 5.75 Å². The Morgan fingerprint density at radius 1 is 0.923 bits per heavy atom. The zero-order valence-corrected chi connectivity index (χ0v) is 23.9. The number of likely N-dealkylation sites (tertiary alicyclic amines) is 1. The van der Waals surface area contributed by atoms with Crippen LogP contribution in [-0.4, -0.2) is 42.2 Å². The molecule has 1 amide bonds. The van der Waals surface area contributed by atoms with E-state index in [2.05, 4.69) is 29.2 Å². The first-order valence-electron chi connectivity index (χ1n) is 13.4. The second kappa shape index (κ2) is 12.6. The minimum Gasteiger partial charge on any atom is -0.444 e. The van der Waals surface area contributed by atoms with Crippen LogP contribution in [0.5, 0.6) is 5.75 Å². The van der Waals surface area contributed by atoms with Gasteiger partial charge in [0.25, 0.3) is 0 Å². The Morgan fingerprint density at radius 3 is 2.23 bits per heavy atom. The highest BCUT2D eigenvalue weighted by Crippen LogP contribution is 2.32. The minimum atomic E-state index is -0.556. The van der Waals surface area contributed by atoms with Crippen molar-refractivity contribution in [2.75, 3.05) is 24.5 Å². The molecule has 6 nitrogen and oxygen atoms in total. The van der Waals surface area contributed by atoms with Gasteiger partial charge in [-0.05, 0) is 74.9 Å². The second-order valence-corrected chi connectivity index (χ2v) is 11.6. The summed E-state index contributed by atoms with van der Waals surface area (Å²) in [5.74, 6) is 0.631. The summed E-state index contributed by atoms with van der Waals surface area (Å²) in [6.45, 7) is 9.55. The molecule has 7 heteroatoms. The Hall–Kier alpha value is -3.51. The number of para-hydroxylation sites is 1. The van der Waals surface area contributed by atoms with E-state index in [9.17, 15) is 9.59 Å². The van der Waals surface area contributed by atoms with Crippen LogP contribution in [0.1, 0.15) is 38.8 Å². The number of esters is 1. The van der Waals surface area contributed by atoms with Crippen molar-refractivity contribution in [3.63, 3.8) is 0 Å². The van der Waals surface area contributed by atoms with Crippen LogP contribution in [0.3, 0.4) is 0 Å². The molecule has 0 aliphatic carbocycles. The minimum absolute atomic E-state index is 0.189. The predicted molar refractivity (Wildman–Crippen MR) is 155 cm³/mol. The lowest BCUT2D eigenvalue weighted by molar-refractivity contribution is -0.131. The SMILES string of the molecule is CC(=O)Oc1ccccc1CN(C[C@H]1CN(C(=O)OC(C)(C)C)C[C@H]1Cc1ccccc1)c1ccc(Cl)cc1. The van der Waals surface area contributed by atoms with Gasteiger partial charge >= 0.3 is 12.1 Å². The van der Waals surface area contributed by atoms with E-state index in [4.69, 9.17) is 21.1 Å². The van der Waals surface area contributed by atoms with Gasteiger partial charge in [-0.1, -0.05) is 60.1 Å². The average molecular weight is 549 g/mol. The van der Waals surface area contributed by atoms with Gasteiger partial charge in [-0.25, -0.2) is 4.79 Å². The summed E-state index contributed by atoms with van der Waals surface area (Å²) in [6, 6.07) is 25.8. The molecule has 0 aromatic heterocycles. The zero-order valence-electron chi connectivity index (χ0n) is 23.1. The number of hydrogen-bond donors (Lipinski definition) is 0. The Balaban J connectivity index is 1.63. The summed E-state index contributed by atoms with van der Waals surface area (Å²) in [5, 5.41) is 0.665. The summed E-state index contributed by atoms with van der Waals surface area (Å²) in [5.41, 5.74) is 2.60. The molecule has 206 valence electrons. The van der Waals surface area contributed by atoms with Crippen LogP contribution in [0.15, 0.2) is 78.9 Å². The number of amides is 1. The molecule has 0 spiro atoms. The number of rotatable bonds is 8. The van der Waals surface area contributed by atoms with Crippen molar-refractivity contribution >= 4 is 29.4 Å². The zero-order chi connectivity index (χ0) is 28.0. The summed E-state index contributed by atoms with van der Waals surface area (Å²) in [6.07, 6.45) is 0.588. The predicted octanol–water partition coefficient (Wildman–Crippen LogP) is 7.00. The number of nitrogens with zero attached hydrogens (tertiary/aromatic N) is 2. The van der Waals surface area contributed by atoms with Gasteiger partial charge in [-0.15, -0.1) is 0 Å². The highest BCUT2D eigenvalue weighted by Gasteiger charge is 2.38. The van der Waals surface area contributed by atoms with Gasteiger partial charge in [0, 0.05) is 49.4 Å². The van der Waals surface area contributed by atoms with E-state index >= 15 is 0 Å².